The highest BCUT2D eigenvalue weighted by Gasteiger charge is 2.19. The number of rotatable bonds is 6. The Morgan fingerprint density at radius 3 is 2.42 bits per heavy atom. The molecule has 1 N–H and O–H groups in total. The highest BCUT2D eigenvalue weighted by atomic mass is 32.2. The number of hydrogen-bond acceptors (Lipinski definition) is 3. The second-order valence-corrected chi connectivity index (χ2v) is 8.33. The summed E-state index contributed by atoms with van der Waals surface area (Å²) in [6.07, 6.45) is 1.42. The lowest BCUT2D eigenvalue weighted by molar-refractivity contribution is -0.917. The smallest absolute Gasteiger partial charge is 0.254 e. The summed E-state index contributed by atoms with van der Waals surface area (Å²) < 4.78 is 27.0. The predicted octanol–water partition coefficient (Wildman–Crippen LogP) is 0.0794. The van der Waals surface area contributed by atoms with Gasteiger partial charge in [0.1, 0.15) is 6.54 Å². The molecule has 2 rings (SSSR count). The Labute approximate surface area is 143 Å². The monoisotopic (exact) mass is 350 g/mol. The standard InChI is InChI=1S/C17H23N3O3S/c1-14-7-5-6-8-15(14)11-19(4)13-20-12-16(9-10-17(20)21)24(22,23)18(2)3/h5-10,12H,11,13H2,1-4H3/p+1. The van der Waals surface area contributed by atoms with Crippen LogP contribution in [-0.2, 0) is 23.2 Å². The van der Waals surface area contributed by atoms with E-state index in [0.717, 1.165) is 15.7 Å². The maximum absolute atomic E-state index is 12.2. The second kappa shape index (κ2) is 7.29. The first-order valence-corrected chi connectivity index (χ1v) is 9.14. The molecule has 1 aromatic carbocycles. The fraction of sp³-hybridized carbons (Fsp3) is 0.353. The summed E-state index contributed by atoms with van der Waals surface area (Å²) in [4.78, 5) is 13.3. The van der Waals surface area contributed by atoms with Crippen LogP contribution >= 0.6 is 0 Å². The van der Waals surface area contributed by atoms with Crippen LogP contribution in [0, 0.1) is 6.92 Å². The van der Waals surface area contributed by atoms with Crippen molar-refractivity contribution >= 4 is 10.0 Å². The summed E-state index contributed by atoms with van der Waals surface area (Å²) >= 11 is 0. The van der Waals surface area contributed by atoms with Gasteiger partial charge in [0.2, 0.25) is 10.0 Å². The zero-order chi connectivity index (χ0) is 17.9. The molecule has 6 nitrogen and oxygen atoms in total. The van der Waals surface area contributed by atoms with E-state index in [-0.39, 0.29) is 10.5 Å². The van der Waals surface area contributed by atoms with E-state index < -0.39 is 10.0 Å². The lowest BCUT2D eigenvalue weighted by Crippen LogP contribution is -3.07. The molecule has 0 radical (unpaired) electrons. The average Bonchev–Trinajstić information content (AvgIpc) is 2.51. The van der Waals surface area contributed by atoms with Gasteiger partial charge in [0.05, 0.1) is 11.9 Å². The number of quaternary nitrogens is 1. The fourth-order valence-corrected chi connectivity index (χ4v) is 3.40. The Morgan fingerprint density at radius 1 is 1.12 bits per heavy atom. The van der Waals surface area contributed by atoms with E-state index >= 15 is 0 Å². The van der Waals surface area contributed by atoms with Crippen LogP contribution < -0.4 is 10.5 Å². The van der Waals surface area contributed by atoms with Crippen LogP contribution in [0.25, 0.3) is 0 Å². The van der Waals surface area contributed by atoms with E-state index in [0.29, 0.717) is 6.67 Å². The Hall–Kier alpha value is -1.96. The van der Waals surface area contributed by atoms with Crippen molar-refractivity contribution in [1.82, 2.24) is 8.87 Å². The molecule has 130 valence electrons. The van der Waals surface area contributed by atoms with E-state index in [4.69, 9.17) is 0 Å². The molecule has 1 atom stereocenters. The van der Waals surface area contributed by atoms with Gasteiger partial charge in [0.25, 0.3) is 5.56 Å². The minimum Gasteiger partial charge on any atom is -0.316 e. The molecule has 0 spiro atoms. The zero-order valence-corrected chi connectivity index (χ0v) is 15.3. The quantitative estimate of drug-likeness (QED) is 0.803. The minimum atomic E-state index is -3.55. The molecule has 7 heteroatoms. The third kappa shape index (κ3) is 4.11. The molecule has 1 aromatic heterocycles. The Morgan fingerprint density at radius 2 is 1.79 bits per heavy atom. The van der Waals surface area contributed by atoms with Crippen LogP contribution in [-0.4, -0.2) is 38.4 Å². The van der Waals surface area contributed by atoms with Crippen LogP contribution in [0.4, 0.5) is 0 Å². The third-order valence-electron chi connectivity index (χ3n) is 3.93. The van der Waals surface area contributed by atoms with Crippen molar-refractivity contribution < 1.29 is 13.3 Å². The summed E-state index contributed by atoms with van der Waals surface area (Å²) in [7, 11) is 1.37. The van der Waals surface area contributed by atoms with Crippen molar-refractivity contribution in [2.75, 3.05) is 21.1 Å². The van der Waals surface area contributed by atoms with Gasteiger partial charge in [-0.15, -0.1) is 0 Å². The largest absolute Gasteiger partial charge is 0.316 e. The lowest BCUT2D eigenvalue weighted by Gasteiger charge is -2.18. The van der Waals surface area contributed by atoms with E-state index in [1.165, 1.54) is 48.1 Å². The van der Waals surface area contributed by atoms with Crippen LogP contribution in [0.15, 0.2) is 52.3 Å². The summed E-state index contributed by atoms with van der Waals surface area (Å²) in [6.45, 7) is 3.20. The molecular weight excluding hydrogens is 326 g/mol. The van der Waals surface area contributed by atoms with Crippen molar-refractivity contribution in [2.24, 2.45) is 0 Å². The number of benzene rings is 1. The molecule has 0 fully saturated rings. The summed E-state index contributed by atoms with van der Waals surface area (Å²) in [5, 5.41) is 0. The number of nitrogens with one attached hydrogen (secondary N) is 1. The van der Waals surface area contributed by atoms with Gasteiger partial charge >= 0.3 is 0 Å². The van der Waals surface area contributed by atoms with Crippen molar-refractivity contribution in [3.63, 3.8) is 0 Å². The van der Waals surface area contributed by atoms with Gasteiger partial charge < -0.3 is 4.90 Å². The summed E-state index contributed by atoms with van der Waals surface area (Å²) in [6, 6.07) is 10.8. The number of hydrogen-bond donors (Lipinski definition) is 1. The van der Waals surface area contributed by atoms with Crippen LogP contribution in [0.2, 0.25) is 0 Å². The average molecular weight is 350 g/mol. The zero-order valence-electron chi connectivity index (χ0n) is 14.5. The molecule has 24 heavy (non-hydrogen) atoms. The first-order valence-electron chi connectivity index (χ1n) is 7.70. The Balaban J connectivity index is 2.23. The molecule has 0 aliphatic carbocycles. The molecule has 1 unspecified atom stereocenters. The van der Waals surface area contributed by atoms with Gasteiger partial charge in [-0.25, -0.2) is 12.7 Å². The van der Waals surface area contributed by atoms with E-state index in [1.807, 2.05) is 19.2 Å². The number of pyridine rings is 1. The van der Waals surface area contributed by atoms with Gasteiger partial charge in [-0.1, -0.05) is 24.3 Å². The first kappa shape index (κ1) is 18.4. The molecule has 2 aromatic rings. The molecule has 1 heterocycles. The van der Waals surface area contributed by atoms with E-state index in [1.54, 1.807) is 0 Å². The van der Waals surface area contributed by atoms with Gasteiger partial charge in [0, 0.05) is 31.9 Å². The number of aryl methyl sites for hydroxylation is 1. The molecule has 0 saturated carbocycles. The topological polar surface area (TPSA) is 63.8 Å². The number of nitrogens with zero attached hydrogens (tertiary/aromatic N) is 2. The molecule has 0 amide bonds. The van der Waals surface area contributed by atoms with Gasteiger partial charge in [0.15, 0.2) is 6.67 Å². The van der Waals surface area contributed by atoms with Crippen molar-refractivity contribution in [2.45, 2.75) is 25.0 Å². The van der Waals surface area contributed by atoms with Crippen molar-refractivity contribution in [3.8, 4) is 0 Å². The third-order valence-corrected chi connectivity index (χ3v) is 5.73. The maximum atomic E-state index is 12.2. The Bertz CT molecular complexity index is 873. The first-order chi connectivity index (χ1) is 11.2. The minimum absolute atomic E-state index is 0.121. The van der Waals surface area contributed by atoms with Gasteiger partial charge in [-0.3, -0.25) is 9.36 Å². The molecular formula is C17H24N3O3S+. The molecule has 0 bridgehead atoms. The highest BCUT2D eigenvalue weighted by molar-refractivity contribution is 7.89. The fourth-order valence-electron chi connectivity index (χ4n) is 2.48. The number of sulfonamides is 1. The Kier molecular flexibility index (Phi) is 5.58. The van der Waals surface area contributed by atoms with Crippen molar-refractivity contribution in [1.29, 1.82) is 0 Å². The van der Waals surface area contributed by atoms with Crippen LogP contribution in [0.3, 0.4) is 0 Å². The molecule has 0 saturated heterocycles. The van der Waals surface area contributed by atoms with Crippen LogP contribution in [0.5, 0.6) is 0 Å². The second-order valence-electron chi connectivity index (χ2n) is 6.18. The molecule has 0 aliphatic heterocycles. The van der Waals surface area contributed by atoms with Gasteiger partial charge in [-0.05, 0) is 18.6 Å². The summed E-state index contributed by atoms with van der Waals surface area (Å²) in [5.41, 5.74) is 2.20. The molecule has 0 aliphatic rings. The van der Waals surface area contributed by atoms with Crippen molar-refractivity contribution in [3.05, 3.63) is 64.1 Å². The maximum Gasteiger partial charge on any atom is 0.254 e. The normalized spacial score (nSPS) is 13.2. The highest BCUT2D eigenvalue weighted by Crippen LogP contribution is 2.10. The SMILES string of the molecule is Cc1ccccc1C[NH+](C)Cn1cc(S(=O)(=O)N(C)C)ccc1=O. The summed E-state index contributed by atoms with van der Waals surface area (Å²) in [5.74, 6) is 0. The van der Waals surface area contributed by atoms with E-state index in [2.05, 4.69) is 19.1 Å². The van der Waals surface area contributed by atoms with E-state index in [9.17, 15) is 13.2 Å². The van der Waals surface area contributed by atoms with Gasteiger partial charge in [-0.2, -0.15) is 0 Å². The number of aromatic nitrogens is 1. The van der Waals surface area contributed by atoms with Crippen LogP contribution in [0.1, 0.15) is 11.1 Å². The lowest BCUT2D eigenvalue weighted by atomic mass is 10.1. The predicted molar refractivity (Wildman–Crippen MR) is 93.3 cm³/mol.